The molecular weight excluding hydrogens is 276 g/mol. The van der Waals surface area contributed by atoms with Gasteiger partial charge in [-0.25, -0.2) is 8.78 Å². The van der Waals surface area contributed by atoms with Crippen molar-refractivity contribution in [1.29, 1.82) is 0 Å². The number of ketones is 1. The van der Waals surface area contributed by atoms with Crippen LogP contribution in [0.3, 0.4) is 0 Å². The first kappa shape index (κ1) is 16.0. The topological polar surface area (TPSA) is 29.5 Å². The molecule has 3 nitrogen and oxygen atoms in total. The smallest absolute Gasteiger partial charge is 0.182 e. The first-order valence-corrected chi connectivity index (χ1v) is 7.43. The zero-order valence-corrected chi connectivity index (χ0v) is 12.3. The molecule has 1 saturated heterocycles. The lowest BCUT2D eigenvalue weighted by atomic mass is 10.1. The Kier molecular flexibility index (Phi) is 5.82. The van der Waals surface area contributed by atoms with E-state index >= 15 is 0 Å². The Balaban J connectivity index is 1.96. The van der Waals surface area contributed by atoms with Gasteiger partial charge >= 0.3 is 0 Å². The van der Waals surface area contributed by atoms with Crippen LogP contribution in [0, 0.1) is 11.6 Å². The molecule has 0 aliphatic carbocycles. The summed E-state index contributed by atoms with van der Waals surface area (Å²) in [7, 11) is 0. The Bertz CT molecular complexity index is 473. The van der Waals surface area contributed by atoms with Crippen LogP contribution in [0.5, 0.6) is 0 Å². The lowest BCUT2D eigenvalue weighted by Crippen LogP contribution is -2.42. The van der Waals surface area contributed by atoms with E-state index in [-0.39, 0.29) is 12.6 Å². The van der Waals surface area contributed by atoms with E-state index in [9.17, 15) is 13.6 Å². The zero-order valence-electron chi connectivity index (χ0n) is 12.3. The molecule has 116 valence electrons. The van der Waals surface area contributed by atoms with Crippen LogP contribution in [0.1, 0.15) is 36.5 Å². The third kappa shape index (κ3) is 4.32. The van der Waals surface area contributed by atoms with Gasteiger partial charge in [0.15, 0.2) is 5.78 Å². The number of likely N-dealkylation sites (tertiary alicyclic amines) is 1. The SMILES string of the molecule is CCCOC1CCCN(CC(=O)c2c(F)cccc2F)C1. The van der Waals surface area contributed by atoms with Crippen LogP contribution in [-0.4, -0.2) is 43.0 Å². The average molecular weight is 297 g/mol. The first-order valence-electron chi connectivity index (χ1n) is 7.43. The highest BCUT2D eigenvalue weighted by Crippen LogP contribution is 2.17. The third-order valence-electron chi connectivity index (χ3n) is 3.63. The number of halogens is 2. The maximum Gasteiger partial charge on any atom is 0.182 e. The van der Waals surface area contributed by atoms with Gasteiger partial charge in [-0.3, -0.25) is 9.69 Å². The van der Waals surface area contributed by atoms with Gasteiger partial charge in [0.1, 0.15) is 11.6 Å². The summed E-state index contributed by atoms with van der Waals surface area (Å²) in [5.74, 6) is -2.10. The van der Waals surface area contributed by atoms with Crippen LogP contribution in [0.2, 0.25) is 0 Å². The summed E-state index contributed by atoms with van der Waals surface area (Å²) < 4.78 is 32.9. The van der Waals surface area contributed by atoms with Crippen molar-refractivity contribution in [3.8, 4) is 0 Å². The van der Waals surface area contributed by atoms with Crippen LogP contribution in [-0.2, 0) is 4.74 Å². The fourth-order valence-corrected chi connectivity index (χ4v) is 2.62. The molecule has 0 bridgehead atoms. The summed E-state index contributed by atoms with van der Waals surface area (Å²) >= 11 is 0. The van der Waals surface area contributed by atoms with E-state index in [0.717, 1.165) is 37.9 Å². The van der Waals surface area contributed by atoms with Crippen molar-refractivity contribution < 1.29 is 18.3 Å². The molecule has 0 spiro atoms. The highest BCUT2D eigenvalue weighted by atomic mass is 19.1. The molecule has 1 atom stereocenters. The normalized spacial score (nSPS) is 19.7. The second kappa shape index (κ2) is 7.61. The number of Topliss-reactive ketones (excluding diaryl/α,β-unsaturated/α-hetero) is 1. The van der Waals surface area contributed by atoms with Gasteiger partial charge in [0.05, 0.1) is 18.2 Å². The quantitative estimate of drug-likeness (QED) is 0.756. The van der Waals surface area contributed by atoms with E-state index in [1.165, 1.54) is 6.07 Å². The minimum Gasteiger partial charge on any atom is -0.377 e. The molecule has 1 aromatic rings. The van der Waals surface area contributed by atoms with Gasteiger partial charge in [-0.1, -0.05) is 13.0 Å². The van der Waals surface area contributed by atoms with Gasteiger partial charge in [0.2, 0.25) is 0 Å². The molecule has 5 heteroatoms. The highest BCUT2D eigenvalue weighted by molar-refractivity contribution is 5.98. The summed E-state index contributed by atoms with van der Waals surface area (Å²) in [5, 5.41) is 0. The molecule has 1 aromatic carbocycles. The maximum atomic E-state index is 13.6. The third-order valence-corrected chi connectivity index (χ3v) is 3.63. The maximum absolute atomic E-state index is 13.6. The predicted molar refractivity (Wildman–Crippen MR) is 76.4 cm³/mol. The van der Waals surface area contributed by atoms with Gasteiger partial charge in [0.25, 0.3) is 0 Å². The number of carbonyl (C=O) groups is 1. The fourth-order valence-electron chi connectivity index (χ4n) is 2.62. The molecule has 0 saturated carbocycles. The number of benzene rings is 1. The van der Waals surface area contributed by atoms with Crippen LogP contribution in [0.25, 0.3) is 0 Å². The predicted octanol–water partition coefficient (Wildman–Crippen LogP) is 3.04. The Labute approximate surface area is 123 Å². The van der Waals surface area contributed by atoms with E-state index in [0.29, 0.717) is 13.2 Å². The summed E-state index contributed by atoms with van der Waals surface area (Å²) in [4.78, 5) is 14.0. The zero-order chi connectivity index (χ0) is 15.2. The van der Waals surface area contributed by atoms with E-state index in [1.54, 1.807) is 0 Å². The van der Waals surface area contributed by atoms with Gasteiger partial charge < -0.3 is 4.74 Å². The Morgan fingerprint density at radius 2 is 2.10 bits per heavy atom. The van der Waals surface area contributed by atoms with Gasteiger partial charge in [-0.2, -0.15) is 0 Å². The highest BCUT2D eigenvalue weighted by Gasteiger charge is 2.24. The Morgan fingerprint density at radius 1 is 1.38 bits per heavy atom. The van der Waals surface area contributed by atoms with Gasteiger partial charge in [-0.05, 0) is 37.9 Å². The molecule has 1 fully saturated rings. The van der Waals surface area contributed by atoms with E-state index in [2.05, 4.69) is 0 Å². The molecule has 1 heterocycles. The molecule has 21 heavy (non-hydrogen) atoms. The standard InChI is InChI=1S/C16H21F2NO2/c1-2-9-21-12-5-4-8-19(10-12)11-15(20)16-13(17)6-3-7-14(16)18/h3,6-7,12H,2,4-5,8-11H2,1H3. The van der Waals surface area contributed by atoms with E-state index in [1.807, 2.05) is 11.8 Å². The van der Waals surface area contributed by atoms with Gasteiger partial charge in [-0.15, -0.1) is 0 Å². The van der Waals surface area contributed by atoms with E-state index in [4.69, 9.17) is 4.74 Å². The molecule has 0 amide bonds. The molecule has 0 radical (unpaired) electrons. The van der Waals surface area contributed by atoms with Crippen molar-refractivity contribution >= 4 is 5.78 Å². The second-order valence-electron chi connectivity index (χ2n) is 5.39. The first-order chi connectivity index (χ1) is 10.1. The number of rotatable bonds is 6. The second-order valence-corrected chi connectivity index (χ2v) is 5.39. The van der Waals surface area contributed by atoms with Crippen molar-refractivity contribution in [2.75, 3.05) is 26.2 Å². The Hall–Kier alpha value is -1.33. The van der Waals surface area contributed by atoms with Crippen molar-refractivity contribution in [3.63, 3.8) is 0 Å². The van der Waals surface area contributed by atoms with Crippen LogP contribution < -0.4 is 0 Å². The van der Waals surface area contributed by atoms with E-state index < -0.39 is 23.0 Å². The van der Waals surface area contributed by atoms with Crippen molar-refractivity contribution in [3.05, 3.63) is 35.4 Å². The lowest BCUT2D eigenvalue weighted by molar-refractivity contribution is 0.00125. The minimum absolute atomic E-state index is 0.0316. The monoisotopic (exact) mass is 297 g/mol. The largest absolute Gasteiger partial charge is 0.377 e. The number of ether oxygens (including phenoxy) is 1. The lowest BCUT2D eigenvalue weighted by Gasteiger charge is -2.32. The number of carbonyl (C=O) groups excluding carboxylic acids is 1. The number of piperidine rings is 1. The van der Waals surface area contributed by atoms with Crippen LogP contribution >= 0.6 is 0 Å². The molecule has 0 N–H and O–H groups in total. The van der Waals surface area contributed by atoms with Gasteiger partial charge in [0, 0.05) is 13.2 Å². The molecule has 1 aliphatic heterocycles. The van der Waals surface area contributed by atoms with Crippen LogP contribution in [0.15, 0.2) is 18.2 Å². The molecule has 1 unspecified atom stereocenters. The molecule has 1 aliphatic rings. The van der Waals surface area contributed by atoms with Crippen molar-refractivity contribution in [1.82, 2.24) is 4.90 Å². The Morgan fingerprint density at radius 3 is 2.76 bits per heavy atom. The summed E-state index contributed by atoms with van der Waals surface area (Å²) in [6.45, 7) is 4.18. The minimum atomic E-state index is -0.796. The molecule has 2 rings (SSSR count). The number of hydrogen-bond acceptors (Lipinski definition) is 3. The average Bonchev–Trinajstić information content (AvgIpc) is 2.45. The summed E-state index contributed by atoms with van der Waals surface area (Å²) in [5.41, 5.74) is -0.436. The van der Waals surface area contributed by atoms with Crippen molar-refractivity contribution in [2.45, 2.75) is 32.3 Å². The van der Waals surface area contributed by atoms with Crippen molar-refractivity contribution in [2.24, 2.45) is 0 Å². The summed E-state index contributed by atoms with van der Waals surface area (Å²) in [6, 6.07) is 3.48. The molecular formula is C16H21F2NO2. The van der Waals surface area contributed by atoms with Crippen LogP contribution in [0.4, 0.5) is 8.78 Å². The summed E-state index contributed by atoms with van der Waals surface area (Å²) in [6.07, 6.45) is 2.97. The molecule has 0 aromatic heterocycles. The number of nitrogens with zero attached hydrogens (tertiary/aromatic N) is 1. The number of hydrogen-bond donors (Lipinski definition) is 0. The fraction of sp³-hybridized carbons (Fsp3) is 0.562.